The number of carbonyl (C=O) groups excluding carboxylic acids is 5. The van der Waals surface area contributed by atoms with Gasteiger partial charge in [-0.1, -0.05) is 20.3 Å². The molecule has 10 N–H and O–H groups in total. The maximum Gasteiger partial charge on any atom is 0.326 e. The number of carbonyl (C=O) groups is 6. The van der Waals surface area contributed by atoms with Crippen LogP contribution in [0.1, 0.15) is 39.5 Å². The third-order valence-corrected chi connectivity index (χ3v) is 4.33. The second-order valence-electron chi connectivity index (χ2n) is 6.77. The molecule has 0 aromatic heterocycles. The van der Waals surface area contributed by atoms with Gasteiger partial charge in [-0.2, -0.15) is 0 Å². The van der Waals surface area contributed by atoms with Gasteiger partial charge in [0.25, 0.3) is 0 Å². The Labute approximate surface area is 173 Å². The molecule has 170 valence electrons. The van der Waals surface area contributed by atoms with Crippen LogP contribution in [-0.4, -0.2) is 65.3 Å². The first-order chi connectivity index (χ1) is 13.9. The zero-order valence-electron chi connectivity index (χ0n) is 17.0. The standard InChI is InChI=1S/C17H30N6O7/c1-3-8(2)14(17(29)30)23-15(27)9(4-5-11(19)24)22-16(28)10(6-12(20)25)21-13(26)7-18/h8-10,14H,3-7,18H2,1-2H3,(H2,19,24)(H2,20,25)(H,21,26)(H,22,28)(H,23,27)(H,29,30). The van der Waals surface area contributed by atoms with Crippen LogP contribution in [0, 0.1) is 5.92 Å². The van der Waals surface area contributed by atoms with E-state index < -0.39 is 72.5 Å². The van der Waals surface area contributed by atoms with E-state index in [1.165, 1.54) is 0 Å². The number of rotatable bonds is 14. The van der Waals surface area contributed by atoms with E-state index in [1.807, 2.05) is 0 Å². The van der Waals surface area contributed by atoms with E-state index in [0.717, 1.165) is 0 Å². The number of nitrogens with two attached hydrogens (primary N) is 3. The van der Waals surface area contributed by atoms with E-state index in [2.05, 4.69) is 16.0 Å². The van der Waals surface area contributed by atoms with Crippen molar-refractivity contribution in [2.45, 2.75) is 57.7 Å². The van der Waals surface area contributed by atoms with Crippen molar-refractivity contribution in [3.05, 3.63) is 0 Å². The third kappa shape index (κ3) is 9.82. The molecule has 0 aromatic rings. The molecule has 0 saturated carbocycles. The summed E-state index contributed by atoms with van der Waals surface area (Å²) in [7, 11) is 0. The maximum atomic E-state index is 12.6. The molecule has 0 aliphatic rings. The van der Waals surface area contributed by atoms with Gasteiger partial charge in [0.15, 0.2) is 0 Å². The number of amides is 5. The molecule has 0 heterocycles. The summed E-state index contributed by atoms with van der Waals surface area (Å²) in [4.78, 5) is 70.4. The Morgan fingerprint density at radius 2 is 1.47 bits per heavy atom. The zero-order chi connectivity index (χ0) is 23.4. The maximum absolute atomic E-state index is 12.6. The fourth-order valence-corrected chi connectivity index (χ4v) is 2.43. The number of aliphatic carboxylic acids is 1. The Bertz CT molecular complexity index is 669. The van der Waals surface area contributed by atoms with Crippen LogP contribution >= 0.6 is 0 Å². The summed E-state index contributed by atoms with van der Waals surface area (Å²) >= 11 is 0. The second-order valence-corrected chi connectivity index (χ2v) is 6.77. The molecule has 13 nitrogen and oxygen atoms in total. The number of carboxylic acids is 1. The molecule has 0 bridgehead atoms. The molecule has 0 aliphatic carbocycles. The van der Waals surface area contributed by atoms with Gasteiger partial charge in [-0.25, -0.2) is 4.79 Å². The monoisotopic (exact) mass is 430 g/mol. The average molecular weight is 430 g/mol. The first-order valence-corrected chi connectivity index (χ1v) is 9.32. The topological polar surface area (TPSA) is 237 Å². The number of carboxylic acid groups (broad SMARTS) is 1. The van der Waals surface area contributed by atoms with Gasteiger partial charge in [-0.3, -0.25) is 24.0 Å². The van der Waals surface area contributed by atoms with Gasteiger partial charge >= 0.3 is 5.97 Å². The Morgan fingerprint density at radius 3 is 1.90 bits per heavy atom. The van der Waals surface area contributed by atoms with E-state index in [9.17, 15) is 33.9 Å². The minimum Gasteiger partial charge on any atom is -0.480 e. The molecular formula is C17H30N6O7. The predicted molar refractivity (Wildman–Crippen MR) is 104 cm³/mol. The summed E-state index contributed by atoms with van der Waals surface area (Å²) in [6, 6.07) is -3.98. The summed E-state index contributed by atoms with van der Waals surface area (Å²) in [5, 5.41) is 16.1. The van der Waals surface area contributed by atoms with E-state index in [-0.39, 0.29) is 12.8 Å². The first-order valence-electron chi connectivity index (χ1n) is 9.32. The zero-order valence-corrected chi connectivity index (χ0v) is 17.0. The lowest BCUT2D eigenvalue weighted by Crippen LogP contribution is -2.57. The lowest BCUT2D eigenvalue weighted by molar-refractivity contribution is -0.144. The van der Waals surface area contributed by atoms with Crippen LogP contribution in [0.15, 0.2) is 0 Å². The minimum absolute atomic E-state index is 0.228. The highest BCUT2D eigenvalue weighted by atomic mass is 16.4. The Morgan fingerprint density at radius 1 is 0.900 bits per heavy atom. The van der Waals surface area contributed by atoms with Gasteiger partial charge in [-0.15, -0.1) is 0 Å². The number of hydrogen-bond donors (Lipinski definition) is 7. The largest absolute Gasteiger partial charge is 0.480 e. The molecule has 0 rings (SSSR count). The molecule has 0 fully saturated rings. The Balaban J connectivity index is 5.51. The molecule has 5 amide bonds. The van der Waals surface area contributed by atoms with E-state index in [1.54, 1.807) is 13.8 Å². The van der Waals surface area contributed by atoms with E-state index >= 15 is 0 Å². The molecule has 0 spiro atoms. The van der Waals surface area contributed by atoms with Crippen molar-refractivity contribution in [2.24, 2.45) is 23.1 Å². The van der Waals surface area contributed by atoms with Crippen LogP contribution in [0.25, 0.3) is 0 Å². The molecule has 0 aromatic carbocycles. The lowest BCUT2D eigenvalue weighted by Gasteiger charge is -2.25. The highest BCUT2D eigenvalue weighted by Crippen LogP contribution is 2.09. The average Bonchev–Trinajstić information content (AvgIpc) is 2.66. The number of hydrogen-bond acceptors (Lipinski definition) is 7. The van der Waals surface area contributed by atoms with Crippen LogP contribution in [-0.2, 0) is 28.8 Å². The Kier molecular flexibility index (Phi) is 11.7. The molecule has 0 aliphatic heterocycles. The van der Waals surface area contributed by atoms with Gasteiger partial charge in [0.1, 0.15) is 18.1 Å². The minimum atomic E-state index is -1.41. The summed E-state index contributed by atoms with van der Waals surface area (Å²) in [6.45, 7) is 2.91. The normalized spacial score (nSPS) is 14.5. The highest BCUT2D eigenvalue weighted by molar-refractivity contribution is 5.95. The second kappa shape index (κ2) is 13.1. The van der Waals surface area contributed by atoms with Gasteiger partial charge < -0.3 is 38.3 Å². The molecular weight excluding hydrogens is 400 g/mol. The van der Waals surface area contributed by atoms with Crippen molar-refractivity contribution in [3.63, 3.8) is 0 Å². The molecule has 4 atom stereocenters. The summed E-state index contributed by atoms with van der Waals surface area (Å²) < 4.78 is 0. The van der Waals surface area contributed by atoms with Crippen molar-refractivity contribution < 1.29 is 33.9 Å². The fraction of sp³-hybridized carbons (Fsp3) is 0.647. The van der Waals surface area contributed by atoms with E-state index in [0.29, 0.717) is 6.42 Å². The van der Waals surface area contributed by atoms with Crippen molar-refractivity contribution in [1.29, 1.82) is 0 Å². The van der Waals surface area contributed by atoms with Crippen LogP contribution in [0.5, 0.6) is 0 Å². The summed E-state index contributed by atoms with van der Waals surface area (Å²) in [5.41, 5.74) is 15.3. The molecule has 30 heavy (non-hydrogen) atoms. The first kappa shape index (κ1) is 26.8. The smallest absolute Gasteiger partial charge is 0.326 e. The summed E-state index contributed by atoms with van der Waals surface area (Å²) in [5.74, 6) is -5.85. The molecule has 13 heteroatoms. The molecule has 4 unspecified atom stereocenters. The van der Waals surface area contributed by atoms with Gasteiger partial charge in [0, 0.05) is 6.42 Å². The van der Waals surface area contributed by atoms with Gasteiger partial charge in [0.05, 0.1) is 13.0 Å². The number of primary amides is 2. The summed E-state index contributed by atoms with van der Waals surface area (Å²) in [6.07, 6.45) is -0.614. The van der Waals surface area contributed by atoms with Crippen LogP contribution in [0.3, 0.4) is 0 Å². The van der Waals surface area contributed by atoms with Crippen LogP contribution in [0.4, 0.5) is 0 Å². The fourth-order valence-electron chi connectivity index (χ4n) is 2.43. The Hall–Kier alpha value is -3.22. The quantitative estimate of drug-likeness (QED) is 0.147. The van der Waals surface area contributed by atoms with Crippen LogP contribution in [0.2, 0.25) is 0 Å². The highest BCUT2D eigenvalue weighted by Gasteiger charge is 2.31. The SMILES string of the molecule is CCC(C)C(NC(=O)C(CCC(N)=O)NC(=O)C(CC(N)=O)NC(=O)CN)C(=O)O. The number of nitrogens with one attached hydrogen (secondary N) is 3. The predicted octanol–water partition coefficient (Wildman–Crippen LogP) is -3.33. The van der Waals surface area contributed by atoms with Crippen molar-refractivity contribution in [2.75, 3.05) is 6.54 Å². The van der Waals surface area contributed by atoms with E-state index in [4.69, 9.17) is 17.2 Å². The molecule has 0 saturated heterocycles. The van der Waals surface area contributed by atoms with Crippen LogP contribution < -0.4 is 33.2 Å². The molecule has 0 radical (unpaired) electrons. The van der Waals surface area contributed by atoms with Crippen molar-refractivity contribution in [3.8, 4) is 0 Å². The third-order valence-electron chi connectivity index (χ3n) is 4.33. The van der Waals surface area contributed by atoms with Gasteiger partial charge in [-0.05, 0) is 12.3 Å². The lowest BCUT2D eigenvalue weighted by atomic mass is 9.98. The van der Waals surface area contributed by atoms with Crippen molar-refractivity contribution in [1.82, 2.24) is 16.0 Å². The van der Waals surface area contributed by atoms with Crippen molar-refractivity contribution >= 4 is 35.5 Å². The van der Waals surface area contributed by atoms with Gasteiger partial charge in [0.2, 0.25) is 29.5 Å².